The van der Waals surface area contributed by atoms with Gasteiger partial charge in [0.1, 0.15) is 17.1 Å². The minimum absolute atomic E-state index is 0.0242. The van der Waals surface area contributed by atoms with Crippen molar-refractivity contribution < 1.29 is 24.1 Å². The molecule has 0 bridgehead atoms. The molecule has 2 fully saturated rings. The van der Waals surface area contributed by atoms with Crippen molar-refractivity contribution in [2.24, 2.45) is 0 Å². The number of aromatic hydroxyl groups is 1. The van der Waals surface area contributed by atoms with Crippen LogP contribution < -0.4 is 10.2 Å². The predicted octanol–water partition coefficient (Wildman–Crippen LogP) is 4.29. The van der Waals surface area contributed by atoms with Crippen LogP contribution in [0, 0.1) is 5.82 Å². The maximum absolute atomic E-state index is 14.7. The normalized spacial score (nSPS) is 17.5. The number of H-pyrrole nitrogens is 2. The van der Waals surface area contributed by atoms with Crippen LogP contribution in [0.5, 0.6) is 5.75 Å². The molecule has 2 saturated heterocycles. The summed E-state index contributed by atoms with van der Waals surface area (Å²) in [5, 5.41) is 25.0. The van der Waals surface area contributed by atoms with Crippen LogP contribution in [0.15, 0.2) is 65.6 Å². The molecule has 1 amide bonds. The van der Waals surface area contributed by atoms with Crippen molar-refractivity contribution in [2.75, 3.05) is 45.9 Å². The maximum atomic E-state index is 14.7. The summed E-state index contributed by atoms with van der Waals surface area (Å²) in [6.45, 7) is 4.62. The van der Waals surface area contributed by atoms with Crippen LogP contribution in [0.4, 0.5) is 4.39 Å². The number of para-hydroxylation sites is 1. The van der Waals surface area contributed by atoms with Crippen LogP contribution in [0.1, 0.15) is 46.0 Å². The first kappa shape index (κ1) is 31.5. The number of nitrogens with one attached hydrogen (secondary N) is 3. The number of benzene rings is 3. The van der Waals surface area contributed by atoms with E-state index in [4.69, 9.17) is 4.74 Å². The third-order valence-electron chi connectivity index (χ3n) is 9.42. The average molecular weight is 660 g/mol. The zero-order valence-corrected chi connectivity index (χ0v) is 26.7. The number of aliphatic hydroxyl groups is 1. The Kier molecular flexibility index (Phi) is 8.86. The Morgan fingerprint density at radius 2 is 1.91 bits per heavy atom. The minimum atomic E-state index is -0.873. The molecule has 5 aromatic rings. The molecule has 12 heteroatoms. The van der Waals surface area contributed by atoms with Gasteiger partial charge >= 0.3 is 4.87 Å². The van der Waals surface area contributed by atoms with E-state index >= 15 is 0 Å². The predicted molar refractivity (Wildman–Crippen MR) is 179 cm³/mol. The maximum Gasteiger partial charge on any atom is 0.305 e. The quantitative estimate of drug-likeness (QED) is 0.149. The molecule has 3 aromatic carbocycles. The van der Waals surface area contributed by atoms with Crippen molar-refractivity contribution in [3.63, 3.8) is 0 Å². The highest BCUT2D eigenvalue weighted by Crippen LogP contribution is 2.33. The molecular weight excluding hydrogens is 621 g/mol. The van der Waals surface area contributed by atoms with E-state index in [-0.39, 0.29) is 34.5 Å². The summed E-state index contributed by atoms with van der Waals surface area (Å²) in [5.41, 5.74) is 3.85. The van der Waals surface area contributed by atoms with E-state index < -0.39 is 6.10 Å². The van der Waals surface area contributed by atoms with Crippen LogP contribution in [-0.4, -0.2) is 87.4 Å². The molecule has 2 aliphatic rings. The van der Waals surface area contributed by atoms with Crippen molar-refractivity contribution in [1.29, 1.82) is 0 Å². The zero-order valence-electron chi connectivity index (χ0n) is 25.9. The number of phenolic OH excluding ortho intramolecular Hbond substituents is 1. The van der Waals surface area contributed by atoms with Gasteiger partial charge in [-0.1, -0.05) is 35.6 Å². The number of carbonyl (C=O) groups is 1. The van der Waals surface area contributed by atoms with Gasteiger partial charge in [0.05, 0.1) is 40.6 Å². The van der Waals surface area contributed by atoms with E-state index in [0.29, 0.717) is 60.6 Å². The molecule has 246 valence electrons. The van der Waals surface area contributed by atoms with Gasteiger partial charge in [-0.05, 0) is 67.3 Å². The lowest BCUT2D eigenvalue weighted by molar-refractivity contribution is -0.127. The van der Waals surface area contributed by atoms with Crippen LogP contribution in [0.25, 0.3) is 21.1 Å². The van der Waals surface area contributed by atoms with Gasteiger partial charge in [-0.25, -0.2) is 4.39 Å². The smallest absolute Gasteiger partial charge is 0.305 e. The molecule has 1 unspecified atom stereocenters. The number of thiazole rings is 1. The summed E-state index contributed by atoms with van der Waals surface area (Å²) in [7, 11) is 0. The Bertz CT molecular complexity index is 1960. The van der Waals surface area contributed by atoms with Gasteiger partial charge < -0.3 is 35.1 Å². The number of fused-ring (bicyclic) bond motifs is 2. The Hall–Kier alpha value is -4.07. The summed E-state index contributed by atoms with van der Waals surface area (Å²) in [4.78, 5) is 35.1. The van der Waals surface area contributed by atoms with E-state index in [1.54, 1.807) is 18.2 Å². The first-order valence-corrected chi connectivity index (χ1v) is 16.8. The summed E-state index contributed by atoms with van der Waals surface area (Å²) in [6.07, 6.45) is 3.16. The minimum Gasteiger partial charge on any atom is -0.506 e. The number of carbonyl (C=O) groups excluding carboxylic acids is 1. The lowest BCUT2D eigenvalue weighted by Crippen LogP contribution is -2.57. The number of hydrogen-bond acceptors (Lipinski definition) is 8. The Labute approximate surface area is 274 Å². The van der Waals surface area contributed by atoms with Gasteiger partial charge in [0.2, 0.25) is 0 Å². The number of morpholine rings is 1. The number of nitrogens with zero attached hydrogens (tertiary/aromatic N) is 2. The topological polar surface area (TPSA) is 134 Å². The number of hydrogen-bond donors (Lipinski definition) is 5. The molecule has 0 aliphatic carbocycles. The zero-order chi connectivity index (χ0) is 32.5. The van der Waals surface area contributed by atoms with Crippen molar-refractivity contribution >= 4 is 38.4 Å². The molecule has 2 aliphatic heterocycles. The highest BCUT2D eigenvalue weighted by molar-refractivity contribution is 7.16. The summed E-state index contributed by atoms with van der Waals surface area (Å²) < 4.78 is 21.5. The number of aliphatic hydroxyl groups excluding tert-OH is 1. The summed E-state index contributed by atoms with van der Waals surface area (Å²) >= 11 is 0.954. The fourth-order valence-electron chi connectivity index (χ4n) is 6.97. The lowest BCUT2D eigenvalue weighted by atomic mass is 9.88. The second-order valence-electron chi connectivity index (χ2n) is 12.6. The van der Waals surface area contributed by atoms with Crippen LogP contribution in [-0.2, 0) is 17.7 Å². The molecule has 1 spiro atoms. The number of ether oxygens (including phenoxy) is 1. The van der Waals surface area contributed by atoms with Gasteiger partial charge in [0.25, 0.3) is 5.91 Å². The summed E-state index contributed by atoms with van der Waals surface area (Å²) in [6, 6.07) is 16.0. The van der Waals surface area contributed by atoms with Gasteiger partial charge in [-0.3, -0.25) is 14.5 Å². The van der Waals surface area contributed by atoms with Crippen LogP contribution in [0.2, 0.25) is 0 Å². The largest absolute Gasteiger partial charge is 0.506 e. The first-order chi connectivity index (χ1) is 22.8. The number of likely N-dealkylation sites (tertiary alicyclic amines) is 1. The number of piperidine rings is 1. The van der Waals surface area contributed by atoms with Crippen molar-refractivity contribution in [1.82, 2.24) is 25.1 Å². The molecule has 4 heterocycles. The molecule has 2 aromatic heterocycles. The van der Waals surface area contributed by atoms with Crippen LogP contribution >= 0.6 is 11.3 Å². The molecular formula is C35H38FN5O5S. The number of amides is 1. The van der Waals surface area contributed by atoms with Crippen molar-refractivity contribution in [2.45, 2.75) is 37.5 Å². The van der Waals surface area contributed by atoms with Crippen molar-refractivity contribution in [3.05, 3.63) is 98.5 Å². The first-order valence-electron chi connectivity index (χ1n) is 16.0. The van der Waals surface area contributed by atoms with Gasteiger partial charge in [-0.2, -0.15) is 0 Å². The number of halogens is 1. The highest BCUT2D eigenvalue weighted by Gasteiger charge is 2.41. The summed E-state index contributed by atoms with van der Waals surface area (Å²) in [5.74, 6) is -0.284. The molecule has 0 saturated carbocycles. The number of aromatic nitrogens is 2. The molecule has 47 heavy (non-hydrogen) atoms. The number of aromatic amines is 2. The Balaban J connectivity index is 0.912. The number of rotatable bonds is 9. The lowest BCUT2D eigenvalue weighted by Gasteiger charge is -2.47. The number of phenols is 1. The van der Waals surface area contributed by atoms with E-state index in [1.807, 2.05) is 41.4 Å². The van der Waals surface area contributed by atoms with E-state index in [1.165, 1.54) is 6.07 Å². The van der Waals surface area contributed by atoms with Gasteiger partial charge in [-0.15, -0.1) is 0 Å². The van der Waals surface area contributed by atoms with Crippen LogP contribution in [0.3, 0.4) is 0 Å². The molecule has 5 N–H and O–H groups in total. The van der Waals surface area contributed by atoms with E-state index in [0.717, 1.165) is 59.3 Å². The third kappa shape index (κ3) is 6.69. The average Bonchev–Trinajstić information content (AvgIpc) is 3.71. The van der Waals surface area contributed by atoms with E-state index in [2.05, 4.69) is 20.2 Å². The Morgan fingerprint density at radius 1 is 1.09 bits per heavy atom. The Morgan fingerprint density at radius 3 is 2.77 bits per heavy atom. The monoisotopic (exact) mass is 659 g/mol. The fraction of sp³-hybridized carbons (Fsp3) is 0.371. The van der Waals surface area contributed by atoms with Gasteiger partial charge in [0.15, 0.2) is 0 Å². The van der Waals surface area contributed by atoms with Gasteiger partial charge in [0, 0.05) is 49.9 Å². The second kappa shape index (κ2) is 13.2. The third-order valence-corrected chi connectivity index (χ3v) is 10.4. The molecule has 1 atom stereocenters. The molecule has 10 nitrogen and oxygen atoms in total. The molecule has 0 radical (unpaired) electrons. The van der Waals surface area contributed by atoms with E-state index in [9.17, 15) is 24.2 Å². The highest BCUT2D eigenvalue weighted by atomic mass is 32.1. The van der Waals surface area contributed by atoms with Crippen molar-refractivity contribution in [3.8, 4) is 5.75 Å². The SMILES string of the molecule is O=C(c1cccc2cc[nH]c12)N1CCOC2(CCN(Cc3cc(F)cc(CCNCC(O)c4ccc(O)c5[nH]c(=O)sc45)c3)CC2)C1. The standard InChI is InChI=1S/C35H38FN5O5S/c36-25-17-22(6-10-37-19-29(43)26-4-5-28(42)31-32(26)47-34(45)39-31)16-23(18-25)20-40-12-8-35(9-13-40)21-41(14-15-46-35)33(44)27-3-1-2-24-7-11-38-30(24)27/h1-5,7,11,16-18,29,37-38,42-43H,6,8-10,12-15,19-21H2,(H,39,45). The fourth-order valence-corrected chi connectivity index (χ4v) is 7.89. The second-order valence-corrected chi connectivity index (χ2v) is 13.6. The molecule has 7 rings (SSSR count).